The van der Waals surface area contributed by atoms with E-state index in [9.17, 15) is 10.1 Å². The molecule has 1 atom stereocenters. The van der Waals surface area contributed by atoms with Gasteiger partial charge in [0.25, 0.3) is 0 Å². The van der Waals surface area contributed by atoms with Crippen LogP contribution in [-0.4, -0.2) is 18.1 Å². The summed E-state index contributed by atoms with van der Waals surface area (Å²) in [4.78, 5) is 16.0. The molecule has 0 fully saturated rings. The first-order chi connectivity index (χ1) is 9.67. The fourth-order valence-electron chi connectivity index (χ4n) is 2.07. The van der Waals surface area contributed by atoms with Crippen LogP contribution in [0.15, 0.2) is 42.6 Å². The van der Waals surface area contributed by atoms with Gasteiger partial charge >= 0.3 is 5.97 Å². The van der Waals surface area contributed by atoms with Crippen molar-refractivity contribution in [2.24, 2.45) is 0 Å². The van der Waals surface area contributed by atoms with Crippen LogP contribution >= 0.6 is 0 Å². The van der Waals surface area contributed by atoms with Gasteiger partial charge in [-0.1, -0.05) is 29.8 Å². The molecular weight excluding hydrogens is 252 g/mol. The normalized spacial score (nSPS) is 11.4. The third-order valence-electron chi connectivity index (χ3n) is 3.02. The molecule has 0 aliphatic rings. The Bertz CT molecular complexity index is 674. The maximum absolute atomic E-state index is 11.8. The second-order valence-corrected chi connectivity index (χ2v) is 4.40. The zero-order valence-electron chi connectivity index (χ0n) is 11.3. The van der Waals surface area contributed by atoms with Gasteiger partial charge in [-0.2, -0.15) is 5.26 Å². The molecule has 1 aromatic heterocycles. The molecule has 1 unspecified atom stereocenters. The van der Waals surface area contributed by atoms with Crippen molar-refractivity contribution in [3.63, 3.8) is 0 Å². The smallest absolute Gasteiger partial charge is 0.339 e. The molecule has 0 saturated carbocycles. The summed E-state index contributed by atoms with van der Waals surface area (Å²) in [5.41, 5.74) is 2.62. The van der Waals surface area contributed by atoms with Crippen LogP contribution in [0.25, 0.3) is 0 Å². The Morgan fingerprint density at radius 2 is 2.15 bits per heavy atom. The Morgan fingerprint density at radius 3 is 2.80 bits per heavy atom. The molecule has 4 nitrogen and oxygen atoms in total. The average Bonchev–Trinajstić information content (AvgIpc) is 2.48. The molecule has 0 saturated heterocycles. The lowest BCUT2D eigenvalue weighted by Crippen LogP contribution is -2.11. The van der Waals surface area contributed by atoms with Gasteiger partial charge in [0.05, 0.1) is 24.4 Å². The van der Waals surface area contributed by atoms with E-state index >= 15 is 0 Å². The minimum atomic E-state index is -0.592. The zero-order valence-corrected chi connectivity index (χ0v) is 11.3. The maximum Gasteiger partial charge on any atom is 0.339 e. The summed E-state index contributed by atoms with van der Waals surface area (Å²) in [5, 5.41) is 9.46. The van der Waals surface area contributed by atoms with Crippen LogP contribution in [0, 0.1) is 18.3 Å². The molecule has 1 heterocycles. The van der Waals surface area contributed by atoms with Crippen molar-refractivity contribution in [2.75, 3.05) is 7.11 Å². The number of methoxy groups -OCH3 is 1. The van der Waals surface area contributed by atoms with Gasteiger partial charge in [-0.25, -0.2) is 4.79 Å². The summed E-state index contributed by atoms with van der Waals surface area (Å²) in [7, 11) is 1.31. The molecule has 20 heavy (non-hydrogen) atoms. The van der Waals surface area contributed by atoms with Crippen LogP contribution in [0.1, 0.15) is 33.1 Å². The van der Waals surface area contributed by atoms with E-state index in [-0.39, 0.29) is 0 Å². The van der Waals surface area contributed by atoms with E-state index in [0.717, 1.165) is 11.1 Å². The van der Waals surface area contributed by atoms with E-state index in [1.165, 1.54) is 7.11 Å². The number of hydrogen-bond acceptors (Lipinski definition) is 4. The largest absolute Gasteiger partial charge is 0.465 e. The first-order valence-electron chi connectivity index (χ1n) is 6.16. The predicted octanol–water partition coefficient (Wildman–Crippen LogP) is 2.83. The van der Waals surface area contributed by atoms with E-state index in [1.807, 2.05) is 31.2 Å². The minimum Gasteiger partial charge on any atom is -0.465 e. The summed E-state index contributed by atoms with van der Waals surface area (Å²) < 4.78 is 4.74. The van der Waals surface area contributed by atoms with Gasteiger partial charge in [-0.3, -0.25) is 4.98 Å². The van der Waals surface area contributed by atoms with Crippen molar-refractivity contribution in [3.05, 3.63) is 65.0 Å². The molecule has 0 aliphatic carbocycles. The third kappa shape index (κ3) is 2.67. The molecule has 4 heteroatoms. The van der Waals surface area contributed by atoms with Crippen molar-refractivity contribution in [3.8, 4) is 6.07 Å². The van der Waals surface area contributed by atoms with Gasteiger partial charge in [-0.05, 0) is 24.6 Å². The second kappa shape index (κ2) is 5.98. The van der Waals surface area contributed by atoms with Crippen molar-refractivity contribution >= 4 is 5.97 Å². The minimum absolute atomic E-state index is 0.322. The molecule has 0 aliphatic heterocycles. The molecule has 2 rings (SSSR count). The Balaban J connectivity index is 2.54. The van der Waals surface area contributed by atoms with Gasteiger partial charge in [0.2, 0.25) is 0 Å². The number of esters is 1. The van der Waals surface area contributed by atoms with Gasteiger partial charge in [-0.15, -0.1) is 0 Å². The number of benzene rings is 1. The lowest BCUT2D eigenvalue weighted by Gasteiger charge is -2.13. The summed E-state index contributed by atoms with van der Waals surface area (Å²) in [6, 6.07) is 13.1. The Hall–Kier alpha value is -2.67. The number of rotatable bonds is 3. The lowest BCUT2D eigenvalue weighted by molar-refractivity contribution is 0.0599. The summed E-state index contributed by atoms with van der Waals surface area (Å²) in [6.45, 7) is 1.96. The van der Waals surface area contributed by atoms with Crippen molar-refractivity contribution in [1.29, 1.82) is 5.26 Å². The highest BCUT2D eigenvalue weighted by molar-refractivity contribution is 5.91. The van der Waals surface area contributed by atoms with Gasteiger partial charge in [0, 0.05) is 6.20 Å². The SMILES string of the molecule is COC(=O)c1cccnc1C(C#N)c1cccc(C)c1. The van der Waals surface area contributed by atoms with E-state index in [0.29, 0.717) is 11.3 Å². The number of ether oxygens (including phenoxy) is 1. The molecule has 0 N–H and O–H groups in total. The Kier molecular flexibility index (Phi) is 4.11. The van der Waals surface area contributed by atoms with Crippen LogP contribution < -0.4 is 0 Å². The maximum atomic E-state index is 11.8. The van der Waals surface area contributed by atoms with E-state index < -0.39 is 11.9 Å². The monoisotopic (exact) mass is 266 g/mol. The molecule has 0 radical (unpaired) electrons. The first kappa shape index (κ1) is 13.8. The average molecular weight is 266 g/mol. The van der Waals surface area contributed by atoms with Crippen LogP contribution in [-0.2, 0) is 4.74 Å². The predicted molar refractivity (Wildman–Crippen MR) is 74.2 cm³/mol. The number of carbonyl (C=O) groups is 1. The van der Waals surface area contributed by atoms with Crippen LogP contribution in [0.2, 0.25) is 0 Å². The lowest BCUT2D eigenvalue weighted by atomic mass is 9.92. The number of hydrogen-bond donors (Lipinski definition) is 0. The third-order valence-corrected chi connectivity index (χ3v) is 3.02. The summed E-state index contributed by atoms with van der Waals surface area (Å²) in [6.07, 6.45) is 1.57. The van der Waals surface area contributed by atoms with Gasteiger partial charge < -0.3 is 4.74 Å². The van der Waals surface area contributed by atoms with Gasteiger partial charge in [0.15, 0.2) is 0 Å². The Labute approximate surface area is 117 Å². The highest BCUT2D eigenvalue weighted by Gasteiger charge is 2.22. The number of pyridine rings is 1. The topological polar surface area (TPSA) is 63.0 Å². The van der Waals surface area contributed by atoms with Gasteiger partial charge in [0.1, 0.15) is 5.92 Å². The van der Waals surface area contributed by atoms with Crippen LogP contribution in [0.5, 0.6) is 0 Å². The van der Waals surface area contributed by atoms with E-state index in [2.05, 4.69) is 11.1 Å². The quantitative estimate of drug-likeness (QED) is 0.801. The number of aromatic nitrogens is 1. The zero-order chi connectivity index (χ0) is 14.5. The molecule has 1 aromatic carbocycles. The highest BCUT2D eigenvalue weighted by atomic mass is 16.5. The Morgan fingerprint density at radius 1 is 1.35 bits per heavy atom. The summed E-state index contributed by atoms with van der Waals surface area (Å²) in [5.74, 6) is -1.08. The fourth-order valence-corrected chi connectivity index (χ4v) is 2.07. The summed E-state index contributed by atoms with van der Waals surface area (Å²) >= 11 is 0. The van der Waals surface area contributed by atoms with Crippen molar-refractivity contribution < 1.29 is 9.53 Å². The number of carbonyl (C=O) groups excluding carboxylic acids is 1. The molecule has 100 valence electrons. The van der Waals surface area contributed by atoms with Crippen LogP contribution in [0.3, 0.4) is 0 Å². The second-order valence-electron chi connectivity index (χ2n) is 4.40. The highest BCUT2D eigenvalue weighted by Crippen LogP contribution is 2.26. The van der Waals surface area contributed by atoms with Crippen molar-refractivity contribution in [2.45, 2.75) is 12.8 Å². The molecule has 2 aromatic rings. The van der Waals surface area contributed by atoms with E-state index in [4.69, 9.17) is 4.74 Å². The number of nitriles is 1. The molecule has 0 spiro atoms. The fraction of sp³-hybridized carbons (Fsp3) is 0.188. The number of nitrogens with zero attached hydrogens (tertiary/aromatic N) is 2. The first-order valence-corrected chi connectivity index (χ1v) is 6.16. The molecule has 0 bridgehead atoms. The molecular formula is C16H14N2O2. The number of aryl methyl sites for hydroxylation is 1. The van der Waals surface area contributed by atoms with Crippen LogP contribution in [0.4, 0.5) is 0 Å². The van der Waals surface area contributed by atoms with E-state index in [1.54, 1.807) is 18.3 Å². The standard InChI is InChI=1S/C16H14N2O2/c1-11-5-3-6-12(9-11)14(10-17)15-13(16(19)20-2)7-4-8-18-15/h3-9,14H,1-2H3. The van der Waals surface area contributed by atoms with Crippen molar-refractivity contribution in [1.82, 2.24) is 4.98 Å². The molecule has 0 amide bonds.